The Morgan fingerprint density at radius 3 is 2.38 bits per heavy atom. The highest BCUT2D eigenvalue weighted by molar-refractivity contribution is 7.15. The fraction of sp³-hybridized carbons (Fsp3) is 0.688. The highest BCUT2D eigenvalue weighted by Gasteiger charge is 2.45. The molecule has 3 aromatic rings. The van der Waals surface area contributed by atoms with Crippen molar-refractivity contribution in [2.75, 3.05) is 6.54 Å². The van der Waals surface area contributed by atoms with E-state index < -0.39 is 0 Å². The Bertz CT molecular complexity index is 1260. The van der Waals surface area contributed by atoms with Crippen LogP contribution in [0.2, 0.25) is 0 Å². The van der Waals surface area contributed by atoms with Crippen LogP contribution in [-0.2, 0) is 0 Å². The summed E-state index contributed by atoms with van der Waals surface area (Å²) < 4.78 is 2.67. The van der Waals surface area contributed by atoms with Crippen LogP contribution in [0.5, 0.6) is 0 Å². The van der Waals surface area contributed by atoms with Gasteiger partial charge in [0, 0.05) is 24.7 Å². The molecule has 2 saturated heterocycles. The minimum atomic E-state index is 0.498. The van der Waals surface area contributed by atoms with E-state index in [1.807, 2.05) is 11.3 Å². The van der Waals surface area contributed by atoms with Gasteiger partial charge in [0.15, 0.2) is 5.82 Å². The molecule has 2 saturated carbocycles. The number of benzene rings is 1. The molecule has 7 atom stereocenters. The Morgan fingerprint density at radius 1 is 0.838 bits per heavy atom. The van der Waals surface area contributed by atoms with Crippen molar-refractivity contribution in [2.45, 2.75) is 104 Å². The molecule has 4 fully saturated rings. The first-order chi connectivity index (χ1) is 17.9. The average Bonchev–Trinajstić information content (AvgIpc) is 3.30. The Morgan fingerprint density at radius 2 is 1.62 bits per heavy atom. The summed E-state index contributed by atoms with van der Waals surface area (Å²) in [6.07, 6.45) is 12.8. The molecule has 0 spiro atoms. The highest BCUT2D eigenvalue weighted by atomic mass is 32.1. The van der Waals surface area contributed by atoms with E-state index in [-0.39, 0.29) is 0 Å². The van der Waals surface area contributed by atoms with Crippen molar-refractivity contribution in [3.05, 3.63) is 35.0 Å². The average molecular weight is 517 g/mol. The third-order valence-corrected chi connectivity index (χ3v) is 11.9. The van der Waals surface area contributed by atoms with Gasteiger partial charge in [0.05, 0.1) is 26.6 Å². The van der Waals surface area contributed by atoms with E-state index in [2.05, 4.69) is 61.4 Å². The monoisotopic (exact) mass is 516 g/mol. The molecule has 7 unspecified atom stereocenters. The van der Waals surface area contributed by atoms with Crippen molar-refractivity contribution < 1.29 is 0 Å². The molecule has 7 rings (SSSR count). The molecule has 0 N–H and O–H groups in total. The number of aromatic nitrogens is 3. The summed E-state index contributed by atoms with van der Waals surface area (Å²) >= 11 is 1.82. The maximum Gasteiger partial charge on any atom is 0.153 e. The fourth-order valence-corrected chi connectivity index (χ4v) is 10.1. The minimum absolute atomic E-state index is 0.498. The van der Waals surface area contributed by atoms with E-state index in [1.165, 1.54) is 74.7 Å². The van der Waals surface area contributed by atoms with Gasteiger partial charge in [0.25, 0.3) is 0 Å². The molecule has 4 nitrogen and oxygen atoms in total. The number of hydrogen-bond acceptors (Lipinski definition) is 4. The van der Waals surface area contributed by atoms with Crippen LogP contribution in [0.1, 0.15) is 88.4 Å². The van der Waals surface area contributed by atoms with Crippen LogP contribution in [0.25, 0.3) is 21.7 Å². The van der Waals surface area contributed by atoms with Gasteiger partial charge in [-0.05, 0) is 94.1 Å². The van der Waals surface area contributed by atoms with E-state index in [9.17, 15) is 0 Å². The van der Waals surface area contributed by atoms with Gasteiger partial charge < -0.3 is 4.57 Å². The lowest BCUT2D eigenvalue weighted by molar-refractivity contribution is 0.0284. The van der Waals surface area contributed by atoms with Gasteiger partial charge in [0.1, 0.15) is 0 Å². The van der Waals surface area contributed by atoms with Gasteiger partial charge >= 0.3 is 0 Å². The fourth-order valence-electron chi connectivity index (χ4n) is 9.16. The zero-order valence-corrected chi connectivity index (χ0v) is 24.0. The zero-order chi connectivity index (χ0) is 25.3. The lowest BCUT2D eigenvalue weighted by atomic mass is 9.69. The number of thiazole rings is 1. The molecular formula is C32H44N4S. The highest BCUT2D eigenvalue weighted by Crippen LogP contribution is 2.49. The normalized spacial score (nSPS) is 36.5. The number of nitrogens with zero attached hydrogens (tertiary/aromatic N) is 4. The number of aryl methyl sites for hydroxylation is 2. The third kappa shape index (κ3) is 4.29. The van der Waals surface area contributed by atoms with Crippen molar-refractivity contribution in [3.8, 4) is 10.7 Å². The van der Waals surface area contributed by atoms with Crippen LogP contribution in [0.4, 0.5) is 0 Å². The number of fused-ring (bicyclic) bond motifs is 6. The number of hydrogen-bond donors (Lipinski definition) is 0. The Hall–Kier alpha value is -1.72. The molecule has 2 aliphatic carbocycles. The number of imidazole rings is 1. The first kappa shape index (κ1) is 24.3. The lowest BCUT2D eigenvalue weighted by Gasteiger charge is -2.47. The summed E-state index contributed by atoms with van der Waals surface area (Å²) in [5, 5.41) is 1.14. The summed E-state index contributed by atoms with van der Waals surface area (Å²) in [6.45, 7) is 10.7. The summed E-state index contributed by atoms with van der Waals surface area (Å²) in [4.78, 5) is 14.4. The first-order valence-electron chi connectivity index (χ1n) is 15.1. The third-order valence-electron chi connectivity index (χ3n) is 10.8. The van der Waals surface area contributed by atoms with Crippen molar-refractivity contribution >= 4 is 22.4 Å². The van der Waals surface area contributed by atoms with E-state index in [4.69, 9.17) is 9.97 Å². The van der Waals surface area contributed by atoms with Gasteiger partial charge in [-0.2, -0.15) is 0 Å². The van der Waals surface area contributed by atoms with Crippen molar-refractivity contribution in [2.24, 2.45) is 29.6 Å². The van der Waals surface area contributed by atoms with Crippen LogP contribution in [-0.4, -0.2) is 38.1 Å². The summed E-state index contributed by atoms with van der Waals surface area (Å²) in [5.41, 5.74) is 3.58. The molecule has 2 aromatic heterocycles. The van der Waals surface area contributed by atoms with Crippen LogP contribution in [0.3, 0.4) is 0 Å². The topological polar surface area (TPSA) is 34.0 Å². The molecule has 5 heteroatoms. The molecule has 2 aliphatic heterocycles. The smallest absolute Gasteiger partial charge is 0.153 e. The molecule has 4 aliphatic rings. The van der Waals surface area contributed by atoms with E-state index in [0.717, 1.165) is 57.7 Å². The Kier molecular flexibility index (Phi) is 6.23. The summed E-state index contributed by atoms with van der Waals surface area (Å²) in [7, 11) is 0. The Labute approximate surface area is 226 Å². The molecule has 0 radical (unpaired) electrons. The summed E-state index contributed by atoms with van der Waals surface area (Å²) in [6, 6.07) is 10.8. The number of rotatable bonds is 3. The second-order valence-corrected chi connectivity index (χ2v) is 14.5. The van der Waals surface area contributed by atoms with Crippen LogP contribution in [0.15, 0.2) is 24.3 Å². The van der Waals surface area contributed by atoms with Gasteiger partial charge in [-0.15, -0.1) is 11.3 Å². The largest absolute Gasteiger partial charge is 0.320 e. The van der Waals surface area contributed by atoms with Crippen LogP contribution in [0, 0.1) is 43.4 Å². The second kappa shape index (κ2) is 9.48. The zero-order valence-electron chi connectivity index (χ0n) is 23.2. The first-order valence-corrected chi connectivity index (χ1v) is 15.9. The molecular weight excluding hydrogens is 472 g/mol. The predicted molar refractivity (Wildman–Crippen MR) is 154 cm³/mol. The molecule has 0 amide bonds. The standard InChI is InChI=1S/C32H44N4S/c1-19-12-20(2)30-17-27(16-25(19)18-35(30)26-14-23-8-7-9-24(13-23)15-26)36-29-11-6-5-10-28(29)34-32(36)31-21(3)33-22(4)37-31/h5-6,10-11,19-20,23-27,30H,7-9,12-18H2,1-4H3. The van der Waals surface area contributed by atoms with Crippen molar-refractivity contribution in [1.82, 2.24) is 19.4 Å². The minimum Gasteiger partial charge on any atom is -0.320 e. The summed E-state index contributed by atoms with van der Waals surface area (Å²) in [5.74, 6) is 5.46. The van der Waals surface area contributed by atoms with Gasteiger partial charge in [-0.1, -0.05) is 45.2 Å². The predicted octanol–water partition coefficient (Wildman–Crippen LogP) is 8.04. The van der Waals surface area contributed by atoms with E-state index >= 15 is 0 Å². The van der Waals surface area contributed by atoms with Crippen LogP contribution < -0.4 is 0 Å². The molecule has 4 heterocycles. The molecule has 37 heavy (non-hydrogen) atoms. The maximum atomic E-state index is 5.26. The van der Waals surface area contributed by atoms with E-state index in [0.29, 0.717) is 12.1 Å². The maximum absolute atomic E-state index is 5.26. The van der Waals surface area contributed by atoms with Crippen LogP contribution >= 0.6 is 11.3 Å². The van der Waals surface area contributed by atoms with Crippen molar-refractivity contribution in [1.29, 1.82) is 0 Å². The van der Waals surface area contributed by atoms with Gasteiger partial charge in [-0.3, -0.25) is 4.90 Å². The quantitative estimate of drug-likeness (QED) is 0.353. The Balaban J connectivity index is 1.30. The molecule has 1 aromatic carbocycles. The van der Waals surface area contributed by atoms with Crippen molar-refractivity contribution in [3.63, 3.8) is 0 Å². The van der Waals surface area contributed by atoms with E-state index in [1.54, 1.807) is 0 Å². The molecule has 4 bridgehead atoms. The number of para-hydroxylation sites is 2. The van der Waals surface area contributed by atoms with Gasteiger partial charge in [-0.25, -0.2) is 9.97 Å². The SMILES string of the molecule is Cc1nc(C)c(-c2nc3ccccc3n2C2CC3CN(C4CC5CCCC(C5)C4)C(C2)C(C)CC3C)s1. The second-order valence-electron chi connectivity index (χ2n) is 13.3. The lowest BCUT2D eigenvalue weighted by Crippen LogP contribution is -2.49. The van der Waals surface area contributed by atoms with Gasteiger partial charge in [0.2, 0.25) is 0 Å². The molecule has 198 valence electrons.